The van der Waals surface area contributed by atoms with Crippen molar-refractivity contribution in [2.24, 2.45) is 5.92 Å². The van der Waals surface area contributed by atoms with Crippen LogP contribution < -0.4 is 21.3 Å². The zero-order valence-corrected chi connectivity index (χ0v) is 36.5. The minimum Gasteiger partial charge on any atom is -0.460 e. The molecule has 0 saturated carbocycles. The quantitative estimate of drug-likeness (QED) is 0.101. The number of benzene rings is 3. The van der Waals surface area contributed by atoms with Gasteiger partial charge in [-0.15, -0.1) is 0 Å². The summed E-state index contributed by atoms with van der Waals surface area (Å²) in [5.74, 6) is -4.50. The van der Waals surface area contributed by atoms with Gasteiger partial charge in [0.2, 0.25) is 17.7 Å². The van der Waals surface area contributed by atoms with Crippen LogP contribution in [0.4, 0.5) is 4.79 Å². The van der Waals surface area contributed by atoms with E-state index in [1.807, 2.05) is 30.3 Å². The predicted octanol–water partition coefficient (Wildman–Crippen LogP) is 4.81. The maximum absolute atomic E-state index is 14.4. The number of nitrogens with one attached hydrogen (secondary N) is 4. The van der Waals surface area contributed by atoms with Crippen LogP contribution in [0.25, 0.3) is 10.8 Å². The molecule has 0 fully saturated rings. The molecule has 0 aliphatic rings. The van der Waals surface area contributed by atoms with Gasteiger partial charge in [-0.1, -0.05) is 92.7 Å². The Morgan fingerprint density at radius 1 is 0.667 bits per heavy atom. The summed E-state index contributed by atoms with van der Waals surface area (Å²) in [4.78, 5) is 81.1. The maximum atomic E-state index is 14.4. The Labute approximate surface area is 352 Å². The number of alkyl carbamates (subject to hydrolysis) is 1. The molecule has 0 aromatic heterocycles. The third kappa shape index (κ3) is 17.6. The lowest BCUT2D eigenvalue weighted by Crippen LogP contribution is -2.59. The van der Waals surface area contributed by atoms with Gasteiger partial charge in [0.1, 0.15) is 35.9 Å². The number of hydrogen-bond donors (Lipinski definition) is 4. The molecule has 0 heterocycles. The van der Waals surface area contributed by atoms with Crippen LogP contribution in [-0.2, 0) is 61.0 Å². The fourth-order valence-electron chi connectivity index (χ4n) is 5.87. The highest BCUT2D eigenvalue weighted by molar-refractivity contribution is 7.93. The van der Waals surface area contributed by atoms with Crippen LogP contribution in [0.3, 0.4) is 0 Å². The van der Waals surface area contributed by atoms with Crippen LogP contribution in [0, 0.1) is 5.92 Å². The van der Waals surface area contributed by atoms with Crippen molar-refractivity contribution in [3.63, 3.8) is 0 Å². The third-order valence-electron chi connectivity index (χ3n) is 8.49. The summed E-state index contributed by atoms with van der Waals surface area (Å²) in [7, 11) is -3.65. The van der Waals surface area contributed by atoms with Crippen molar-refractivity contribution in [3.8, 4) is 0 Å². The van der Waals surface area contributed by atoms with Crippen molar-refractivity contribution in [2.75, 3.05) is 6.26 Å². The average molecular weight is 851 g/mol. The highest BCUT2D eigenvalue weighted by atomic mass is 32.2. The minimum atomic E-state index is -3.65. The summed E-state index contributed by atoms with van der Waals surface area (Å²) in [5, 5.41) is 13.0. The van der Waals surface area contributed by atoms with Crippen LogP contribution in [0.5, 0.6) is 0 Å². The number of carbonyl (C=O) groups excluding carboxylic acids is 6. The Morgan fingerprint density at radius 2 is 1.23 bits per heavy atom. The van der Waals surface area contributed by atoms with Gasteiger partial charge in [0.15, 0.2) is 9.84 Å². The van der Waals surface area contributed by atoms with E-state index in [1.165, 1.54) is 0 Å². The molecule has 16 heteroatoms. The van der Waals surface area contributed by atoms with Crippen molar-refractivity contribution in [3.05, 3.63) is 95.4 Å². The first-order valence-corrected chi connectivity index (χ1v) is 21.5. The standard InChI is InChI=1S/C44H58N4O11S/c1-28(2)38(41(53)45-32(22-23-60(9,55)56)25-36(49)58-43(3,4)5)48-40(52)34(24-31-20-15-19-30-18-13-14-21-33(30)31)46-39(51)35(26-37(50)59-44(6,7)8)47-42(54)57-27-29-16-11-10-12-17-29/h10-23,28,32,34-35,38H,24-27H2,1-9H3,(H,45,53)(H,46,51)(H,47,54)(H,48,52)/b23-22+/t32-,34+,35+,38-/m1/s1. The summed E-state index contributed by atoms with van der Waals surface area (Å²) in [5.41, 5.74) is -0.421. The molecule has 4 amide bonds. The molecule has 3 aromatic carbocycles. The number of ether oxygens (including phenoxy) is 3. The lowest BCUT2D eigenvalue weighted by molar-refractivity contribution is -0.157. The molecule has 0 saturated heterocycles. The zero-order chi connectivity index (χ0) is 44.8. The second kappa shape index (κ2) is 21.5. The van der Waals surface area contributed by atoms with Crippen LogP contribution in [0.2, 0.25) is 0 Å². The largest absolute Gasteiger partial charge is 0.460 e. The average Bonchev–Trinajstić information content (AvgIpc) is 3.13. The van der Waals surface area contributed by atoms with Gasteiger partial charge in [-0.05, 0) is 69.4 Å². The topological polar surface area (TPSA) is 212 Å². The summed E-state index contributed by atoms with van der Waals surface area (Å²) in [6.45, 7) is 13.1. The first-order valence-electron chi connectivity index (χ1n) is 19.6. The summed E-state index contributed by atoms with van der Waals surface area (Å²) in [6.07, 6.45) is 0.0130. The van der Waals surface area contributed by atoms with E-state index >= 15 is 0 Å². The van der Waals surface area contributed by atoms with Crippen molar-refractivity contribution < 1.29 is 51.4 Å². The lowest BCUT2D eigenvalue weighted by Gasteiger charge is -2.28. The number of fused-ring (bicyclic) bond motifs is 1. The normalized spacial score (nSPS) is 14.0. The van der Waals surface area contributed by atoms with Crippen molar-refractivity contribution in [1.29, 1.82) is 0 Å². The van der Waals surface area contributed by atoms with Gasteiger partial charge in [0, 0.05) is 18.1 Å². The van der Waals surface area contributed by atoms with Crippen LogP contribution in [0.15, 0.2) is 84.3 Å². The SMILES string of the molecule is CC(C)[C@@H](NC(=O)[C@H](Cc1cccc2ccccc12)NC(=O)[C@H](CC(=O)OC(C)(C)C)NC(=O)OCc1ccccc1)C(=O)N[C@H](/C=C/S(C)(=O)=O)CC(=O)OC(C)(C)C. The van der Waals surface area contributed by atoms with Gasteiger partial charge in [0.05, 0.1) is 18.9 Å². The number of hydrogen-bond acceptors (Lipinski definition) is 11. The summed E-state index contributed by atoms with van der Waals surface area (Å²) in [6, 6.07) is 16.4. The van der Waals surface area contributed by atoms with E-state index in [9.17, 15) is 37.2 Å². The van der Waals surface area contributed by atoms with E-state index in [0.717, 1.165) is 28.5 Å². The molecule has 4 N–H and O–H groups in total. The van der Waals surface area contributed by atoms with E-state index < -0.39 is 99.7 Å². The molecule has 0 spiro atoms. The van der Waals surface area contributed by atoms with Crippen molar-refractivity contribution in [2.45, 2.75) is 117 Å². The molecule has 0 aliphatic heterocycles. The maximum Gasteiger partial charge on any atom is 0.408 e. The first-order chi connectivity index (χ1) is 27.9. The van der Waals surface area contributed by atoms with E-state index in [1.54, 1.807) is 97.9 Å². The van der Waals surface area contributed by atoms with Gasteiger partial charge >= 0.3 is 18.0 Å². The lowest BCUT2D eigenvalue weighted by atomic mass is 9.97. The molecule has 0 bridgehead atoms. The second-order valence-corrected chi connectivity index (χ2v) is 18.7. The molecule has 60 heavy (non-hydrogen) atoms. The Hall–Kier alpha value is -5.77. The number of amides is 4. The fourth-order valence-corrected chi connectivity index (χ4v) is 6.34. The number of esters is 2. The molecule has 0 unspecified atom stereocenters. The second-order valence-electron chi connectivity index (χ2n) is 16.7. The number of sulfone groups is 1. The Balaban J connectivity index is 1.96. The van der Waals surface area contributed by atoms with Crippen molar-refractivity contribution in [1.82, 2.24) is 21.3 Å². The van der Waals surface area contributed by atoms with E-state index in [2.05, 4.69) is 21.3 Å². The molecule has 326 valence electrons. The Morgan fingerprint density at radius 3 is 1.83 bits per heavy atom. The molecule has 3 rings (SSSR count). The molecule has 0 radical (unpaired) electrons. The van der Waals surface area contributed by atoms with Gasteiger partial charge < -0.3 is 35.5 Å². The van der Waals surface area contributed by atoms with E-state index in [-0.39, 0.29) is 13.0 Å². The first kappa shape index (κ1) is 48.6. The number of rotatable bonds is 18. The minimum absolute atomic E-state index is 0.0820. The third-order valence-corrected chi connectivity index (χ3v) is 9.14. The van der Waals surface area contributed by atoms with Gasteiger partial charge in [-0.2, -0.15) is 0 Å². The predicted molar refractivity (Wildman–Crippen MR) is 227 cm³/mol. The van der Waals surface area contributed by atoms with Gasteiger partial charge in [0.25, 0.3) is 0 Å². The summed E-state index contributed by atoms with van der Waals surface area (Å²) < 4.78 is 40.1. The zero-order valence-electron chi connectivity index (χ0n) is 35.7. The Kier molecular flexibility index (Phi) is 17.4. The number of carbonyl (C=O) groups is 6. The fraction of sp³-hybridized carbons (Fsp3) is 0.455. The molecule has 3 aromatic rings. The highest BCUT2D eigenvalue weighted by Crippen LogP contribution is 2.21. The summed E-state index contributed by atoms with van der Waals surface area (Å²) >= 11 is 0. The van der Waals surface area contributed by atoms with Crippen LogP contribution in [-0.4, -0.2) is 85.8 Å². The molecule has 0 aliphatic carbocycles. The molecule has 4 atom stereocenters. The van der Waals surface area contributed by atoms with E-state index in [4.69, 9.17) is 14.2 Å². The van der Waals surface area contributed by atoms with Gasteiger partial charge in [-0.3, -0.25) is 24.0 Å². The van der Waals surface area contributed by atoms with Crippen LogP contribution in [0.1, 0.15) is 79.4 Å². The van der Waals surface area contributed by atoms with Crippen molar-refractivity contribution >= 4 is 56.4 Å². The monoisotopic (exact) mass is 850 g/mol. The molecular formula is C44H58N4O11S. The van der Waals surface area contributed by atoms with Gasteiger partial charge in [-0.25, -0.2) is 13.2 Å². The Bertz CT molecular complexity index is 2120. The molecule has 15 nitrogen and oxygen atoms in total. The highest BCUT2D eigenvalue weighted by Gasteiger charge is 2.34. The smallest absolute Gasteiger partial charge is 0.408 e. The molecular weight excluding hydrogens is 793 g/mol. The van der Waals surface area contributed by atoms with Crippen LogP contribution >= 0.6 is 0 Å². The van der Waals surface area contributed by atoms with E-state index in [0.29, 0.717) is 11.1 Å².